The summed E-state index contributed by atoms with van der Waals surface area (Å²) in [7, 11) is 0. The molecule has 1 aromatic carbocycles. The fraction of sp³-hybridized carbons (Fsp3) is 0.318. The van der Waals surface area contributed by atoms with Crippen molar-refractivity contribution in [3.8, 4) is 11.1 Å². The van der Waals surface area contributed by atoms with Crippen molar-refractivity contribution in [2.45, 2.75) is 44.2 Å². The van der Waals surface area contributed by atoms with E-state index in [0.717, 1.165) is 37.2 Å². The Morgan fingerprint density at radius 2 is 1.76 bits per heavy atom. The van der Waals surface area contributed by atoms with E-state index in [0.29, 0.717) is 29.7 Å². The monoisotopic (exact) mass is 396 g/mol. The summed E-state index contributed by atoms with van der Waals surface area (Å²) in [6, 6.07) is 6.54. The summed E-state index contributed by atoms with van der Waals surface area (Å²) in [4.78, 5) is 18.7. The largest absolute Gasteiger partial charge is 0.404 e. The summed E-state index contributed by atoms with van der Waals surface area (Å²) < 4.78 is 27.9. The van der Waals surface area contributed by atoms with Crippen LogP contribution in [0.25, 0.3) is 11.1 Å². The topological polar surface area (TPSA) is 83.1 Å². The predicted molar refractivity (Wildman–Crippen MR) is 106 cm³/mol. The highest BCUT2D eigenvalue weighted by Gasteiger charge is 2.39. The van der Waals surface area contributed by atoms with Crippen LogP contribution in [0, 0.1) is 17.0 Å². The number of nitrogens with one attached hydrogen (secondary N) is 1. The van der Waals surface area contributed by atoms with Gasteiger partial charge in [0.05, 0.1) is 18.0 Å². The predicted octanol–water partition coefficient (Wildman–Crippen LogP) is 4.05. The Bertz CT molecular complexity index is 963. The van der Waals surface area contributed by atoms with Crippen molar-refractivity contribution in [3.63, 3.8) is 0 Å². The fourth-order valence-electron chi connectivity index (χ4n) is 3.95. The lowest BCUT2D eigenvalue weighted by Crippen LogP contribution is -2.44. The highest BCUT2D eigenvalue weighted by molar-refractivity contribution is 5.99. The van der Waals surface area contributed by atoms with E-state index in [1.165, 1.54) is 6.20 Å². The molecule has 0 radical (unpaired) electrons. The van der Waals surface area contributed by atoms with E-state index in [9.17, 15) is 13.6 Å². The molecule has 2 aliphatic carbocycles. The maximum Gasteiger partial charge on any atom is 0.254 e. The number of nitrogens with zero attached hydrogens (tertiary/aromatic N) is 2. The number of benzene rings is 1. The molecule has 1 atom stereocenters. The van der Waals surface area contributed by atoms with E-state index >= 15 is 0 Å². The second-order valence-electron chi connectivity index (χ2n) is 7.57. The molecule has 1 unspecified atom stereocenters. The van der Waals surface area contributed by atoms with Gasteiger partial charge in [-0.15, -0.1) is 0 Å². The van der Waals surface area contributed by atoms with Crippen LogP contribution >= 0.6 is 0 Å². The molecule has 0 saturated heterocycles. The molecule has 4 rings (SSSR count). The molecule has 1 heterocycles. The van der Waals surface area contributed by atoms with E-state index in [2.05, 4.69) is 4.98 Å². The first-order chi connectivity index (χ1) is 14.0. The molecule has 0 spiro atoms. The molecule has 1 aromatic heterocycles. The zero-order valence-corrected chi connectivity index (χ0v) is 15.9. The Balaban J connectivity index is 1.58. The average Bonchev–Trinajstić information content (AvgIpc) is 3.55. The number of hydrogen-bond donors (Lipinski definition) is 2. The minimum Gasteiger partial charge on any atom is -0.404 e. The summed E-state index contributed by atoms with van der Waals surface area (Å²) in [6.45, 7) is 0. The zero-order valence-electron chi connectivity index (χ0n) is 15.9. The number of rotatable bonds is 4. The number of amides is 1. The second kappa shape index (κ2) is 7.73. The standard InChI is InChI=1S/C22H22F2N4O/c23-18-11-27-12-19(24)21(18)13-1-3-14(4-2-13)22(29)28(16-5-6-16)17-7-8-20(26)15(9-17)10-25/h1-4,10-12,16-17,26H,5-9,25H2/b15-10-,26-20?. The van der Waals surface area contributed by atoms with Crippen LogP contribution in [0.15, 0.2) is 48.4 Å². The van der Waals surface area contributed by atoms with Gasteiger partial charge in [0.1, 0.15) is 0 Å². The van der Waals surface area contributed by atoms with Crippen LogP contribution in [-0.4, -0.2) is 33.6 Å². The molecule has 2 fully saturated rings. The lowest BCUT2D eigenvalue weighted by atomic mass is 9.88. The van der Waals surface area contributed by atoms with Gasteiger partial charge in [0.15, 0.2) is 11.6 Å². The van der Waals surface area contributed by atoms with Crippen LogP contribution in [0.3, 0.4) is 0 Å². The first kappa shape index (κ1) is 19.2. The minimum atomic E-state index is -0.741. The first-order valence-corrected chi connectivity index (χ1v) is 9.70. The molecule has 7 heteroatoms. The van der Waals surface area contributed by atoms with E-state index in [4.69, 9.17) is 11.1 Å². The van der Waals surface area contributed by atoms with Crippen molar-refractivity contribution in [3.05, 3.63) is 65.6 Å². The molecule has 5 nitrogen and oxygen atoms in total. The van der Waals surface area contributed by atoms with Crippen molar-refractivity contribution in [2.75, 3.05) is 0 Å². The van der Waals surface area contributed by atoms with Crippen molar-refractivity contribution in [1.29, 1.82) is 5.41 Å². The zero-order chi connectivity index (χ0) is 20.5. The first-order valence-electron chi connectivity index (χ1n) is 9.70. The third-order valence-corrected chi connectivity index (χ3v) is 5.61. The molecule has 0 bridgehead atoms. The molecule has 29 heavy (non-hydrogen) atoms. The summed E-state index contributed by atoms with van der Waals surface area (Å²) in [5.41, 5.74) is 7.68. The molecule has 1 amide bonds. The Labute approximate surface area is 167 Å². The highest BCUT2D eigenvalue weighted by atomic mass is 19.1. The third kappa shape index (κ3) is 3.77. The van der Waals surface area contributed by atoms with E-state index in [1.807, 2.05) is 4.90 Å². The highest BCUT2D eigenvalue weighted by Crippen LogP contribution is 2.36. The number of aromatic nitrogens is 1. The Hall–Kier alpha value is -3.09. The normalized spacial score (nSPS) is 20.7. The van der Waals surface area contributed by atoms with Crippen LogP contribution in [0.1, 0.15) is 42.5 Å². The maximum atomic E-state index is 14.0. The van der Waals surface area contributed by atoms with E-state index in [1.54, 1.807) is 24.3 Å². The van der Waals surface area contributed by atoms with Gasteiger partial charge >= 0.3 is 0 Å². The van der Waals surface area contributed by atoms with Crippen LogP contribution in [-0.2, 0) is 0 Å². The number of hydrogen-bond acceptors (Lipinski definition) is 4. The Morgan fingerprint density at radius 1 is 1.10 bits per heavy atom. The molecule has 0 aliphatic heterocycles. The molecular formula is C22H22F2N4O. The summed E-state index contributed by atoms with van der Waals surface area (Å²) in [6.07, 6.45) is 7.26. The molecular weight excluding hydrogens is 374 g/mol. The lowest BCUT2D eigenvalue weighted by molar-refractivity contribution is 0.0647. The number of carbonyl (C=O) groups is 1. The van der Waals surface area contributed by atoms with Gasteiger partial charge in [-0.05, 0) is 61.6 Å². The van der Waals surface area contributed by atoms with Crippen molar-refractivity contribution in [2.24, 2.45) is 5.73 Å². The van der Waals surface area contributed by atoms with Gasteiger partial charge in [-0.1, -0.05) is 12.1 Å². The molecule has 150 valence electrons. The maximum absolute atomic E-state index is 14.0. The van der Waals surface area contributed by atoms with Gasteiger partial charge in [-0.2, -0.15) is 0 Å². The van der Waals surface area contributed by atoms with Gasteiger partial charge < -0.3 is 16.0 Å². The molecule has 2 aliphatic rings. The van der Waals surface area contributed by atoms with Crippen LogP contribution < -0.4 is 5.73 Å². The third-order valence-electron chi connectivity index (χ3n) is 5.61. The number of carbonyl (C=O) groups excluding carboxylic acids is 1. The van der Waals surface area contributed by atoms with Crippen molar-refractivity contribution < 1.29 is 13.6 Å². The Morgan fingerprint density at radius 3 is 2.34 bits per heavy atom. The number of pyridine rings is 1. The summed E-state index contributed by atoms with van der Waals surface area (Å²) in [5, 5.41) is 7.99. The fourth-order valence-corrected chi connectivity index (χ4v) is 3.95. The Kier molecular flexibility index (Phi) is 5.13. The van der Waals surface area contributed by atoms with Gasteiger partial charge in [0, 0.05) is 23.4 Å². The average molecular weight is 396 g/mol. The summed E-state index contributed by atoms with van der Waals surface area (Å²) >= 11 is 0. The van der Waals surface area contributed by atoms with Crippen molar-refractivity contribution >= 4 is 11.6 Å². The lowest BCUT2D eigenvalue weighted by Gasteiger charge is -2.36. The minimum absolute atomic E-state index is 0.00802. The van der Waals surface area contributed by atoms with Crippen LogP contribution in [0.2, 0.25) is 0 Å². The molecule has 2 aromatic rings. The van der Waals surface area contributed by atoms with E-state index < -0.39 is 11.6 Å². The SMILES string of the molecule is N=C1CCC(N(C(=O)c2ccc(-c3c(F)cncc3F)cc2)C2CC2)C/C1=C/N. The number of nitrogens with two attached hydrogens (primary N) is 1. The molecule has 3 N–H and O–H groups in total. The van der Waals surface area contributed by atoms with Gasteiger partial charge in [0.2, 0.25) is 0 Å². The van der Waals surface area contributed by atoms with Gasteiger partial charge in [0.25, 0.3) is 5.91 Å². The van der Waals surface area contributed by atoms with Crippen molar-refractivity contribution in [1.82, 2.24) is 9.88 Å². The van der Waals surface area contributed by atoms with Gasteiger partial charge in [-0.25, -0.2) is 8.78 Å². The summed E-state index contributed by atoms with van der Waals surface area (Å²) in [5.74, 6) is -1.58. The van der Waals surface area contributed by atoms with E-state index in [-0.39, 0.29) is 23.6 Å². The van der Waals surface area contributed by atoms with Crippen LogP contribution in [0.4, 0.5) is 8.78 Å². The smallest absolute Gasteiger partial charge is 0.254 e. The second-order valence-corrected chi connectivity index (χ2v) is 7.57. The molecule has 2 saturated carbocycles. The number of halogens is 2. The quantitative estimate of drug-likeness (QED) is 0.818. The van der Waals surface area contributed by atoms with Gasteiger partial charge in [-0.3, -0.25) is 9.78 Å². The van der Waals surface area contributed by atoms with Crippen LogP contribution in [0.5, 0.6) is 0 Å².